The van der Waals surface area contributed by atoms with E-state index < -0.39 is 10.4 Å². The molecule has 0 aliphatic carbocycles. The Morgan fingerprint density at radius 1 is 0.944 bits per heavy atom. The first kappa shape index (κ1) is 21.2. The molecule has 0 aliphatic heterocycles. The fourth-order valence-electron chi connectivity index (χ4n) is 1.67. The summed E-state index contributed by atoms with van der Waals surface area (Å²) in [7, 11) is -4.29. The van der Waals surface area contributed by atoms with Gasteiger partial charge in [-0.15, -0.1) is 0 Å². The van der Waals surface area contributed by atoms with Crippen LogP contribution in [0.2, 0.25) is 0 Å². The van der Waals surface area contributed by atoms with Gasteiger partial charge in [0.05, 0.1) is 0 Å². The molecule has 0 fully saturated rings. The molecule has 0 aromatic rings. The average Bonchev–Trinajstić information content (AvgIpc) is 2.24. The summed E-state index contributed by atoms with van der Waals surface area (Å²) in [5.74, 6) is 0. The van der Waals surface area contributed by atoms with Crippen molar-refractivity contribution in [1.29, 1.82) is 0 Å². The zero-order chi connectivity index (χ0) is 13.0. The van der Waals surface area contributed by atoms with Crippen molar-refractivity contribution in [2.24, 2.45) is 0 Å². The van der Waals surface area contributed by atoms with Gasteiger partial charge in [0, 0.05) is 0 Å². The van der Waals surface area contributed by atoms with Crippen LogP contribution in [0.3, 0.4) is 0 Å². The first-order valence-electron chi connectivity index (χ1n) is 6.53. The maximum atomic E-state index is 10.2. The van der Waals surface area contributed by atoms with Gasteiger partial charge in [0.2, 0.25) is 0 Å². The Kier molecular flexibility index (Phi) is 16.8. The van der Waals surface area contributed by atoms with Gasteiger partial charge in [0.1, 0.15) is 0 Å². The van der Waals surface area contributed by atoms with Gasteiger partial charge in [-0.25, -0.2) is 0 Å². The zero-order valence-corrected chi connectivity index (χ0v) is 14.5. The van der Waals surface area contributed by atoms with E-state index in [-0.39, 0.29) is 29.6 Å². The predicted molar refractivity (Wildman–Crippen MR) is 68.8 cm³/mol. The van der Waals surface area contributed by atoms with Gasteiger partial charge in [0.15, 0.2) is 0 Å². The van der Waals surface area contributed by atoms with Crippen LogP contribution >= 0.6 is 0 Å². The summed E-state index contributed by atoms with van der Waals surface area (Å²) >= 11 is 0. The van der Waals surface area contributed by atoms with Crippen molar-refractivity contribution in [2.45, 2.75) is 71.1 Å². The summed E-state index contributed by atoms with van der Waals surface area (Å²) in [6.45, 7) is 3.36. The van der Waals surface area contributed by atoms with E-state index in [4.69, 9.17) is 4.55 Å². The third kappa shape index (κ3) is 19.2. The SMILES string of the molecule is CCCCCCCCCCC[CH-]OS(=O)(=O)O.[Na+]. The molecule has 0 aliphatic rings. The van der Waals surface area contributed by atoms with Crippen molar-refractivity contribution in [3.8, 4) is 0 Å². The van der Waals surface area contributed by atoms with Crippen LogP contribution in [0.5, 0.6) is 0 Å². The molecule has 0 spiro atoms. The Hall–Kier alpha value is 0.870. The summed E-state index contributed by atoms with van der Waals surface area (Å²) in [6.07, 6.45) is 11.6. The summed E-state index contributed by atoms with van der Waals surface area (Å²) in [5, 5.41) is 0. The third-order valence-corrected chi connectivity index (χ3v) is 2.99. The van der Waals surface area contributed by atoms with E-state index in [1.807, 2.05) is 0 Å². The zero-order valence-electron chi connectivity index (χ0n) is 11.7. The normalized spacial score (nSPS) is 11.2. The molecule has 0 rings (SSSR count). The maximum Gasteiger partial charge on any atom is 1.00 e. The van der Waals surface area contributed by atoms with Gasteiger partial charge in [-0.1, -0.05) is 64.7 Å². The third-order valence-electron chi connectivity index (χ3n) is 2.62. The van der Waals surface area contributed by atoms with Crippen molar-refractivity contribution in [2.75, 3.05) is 0 Å². The molecule has 104 valence electrons. The van der Waals surface area contributed by atoms with E-state index in [2.05, 4.69) is 11.1 Å². The average molecular weight is 288 g/mol. The summed E-state index contributed by atoms with van der Waals surface area (Å²) in [6, 6.07) is 0. The molecular weight excluding hydrogens is 263 g/mol. The van der Waals surface area contributed by atoms with Crippen molar-refractivity contribution in [3.05, 3.63) is 6.61 Å². The second kappa shape index (κ2) is 14.3. The molecule has 1 N–H and O–H groups in total. The van der Waals surface area contributed by atoms with E-state index in [9.17, 15) is 8.42 Å². The van der Waals surface area contributed by atoms with Gasteiger partial charge in [-0.3, -0.25) is 4.55 Å². The molecule has 0 saturated carbocycles. The number of hydrogen-bond donors (Lipinski definition) is 1. The van der Waals surface area contributed by atoms with Crippen molar-refractivity contribution in [3.63, 3.8) is 0 Å². The van der Waals surface area contributed by atoms with Gasteiger partial charge >= 0.3 is 40.0 Å². The van der Waals surface area contributed by atoms with E-state index in [1.54, 1.807) is 0 Å². The Labute approximate surface area is 134 Å². The van der Waals surface area contributed by atoms with Crippen LogP contribution in [-0.4, -0.2) is 13.0 Å². The monoisotopic (exact) mass is 288 g/mol. The largest absolute Gasteiger partial charge is 1.00 e. The van der Waals surface area contributed by atoms with E-state index in [0.717, 1.165) is 19.4 Å². The maximum absolute atomic E-state index is 10.2. The predicted octanol–water partition coefficient (Wildman–Crippen LogP) is 0.892. The van der Waals surface area contributed by atoms with E-state index in [0.29, 0.717) is 6.42 Å². The van der Waals surface area contributed by atoms with E-state index in [1.165, 1.54) is 44.9 Å². The van der Waals surface area contributed by atoms with Crippen molar-refractivity contribution >= 4 is 10.4 Å². The summed E-state index contributed by atoms with van der Waals surface area (Å²) in [5.41, 5.74) is 0. The van der Waals surface area contributed by atoms with Crippen LogP contribution in [0.25, 0.3) is 0 Å². The van der Waals surface area contributed by atoms with E-state index >= 15 is 0 Å². The molecule has 0 radical (unpaired) electrons. The molecular formula is C12H25NaO4S. The minimum atomic E-state index is -4.29. The van der Waals surface area contributed by atoms with Crippen LogP contribution in [-0.2, 0) is 14.6 Å². The van der Waals surface area contributed by atoms with Gasteiger partial charge in [0.25, 0.3) is 0 Å². The van der Waals surface area contributed by atoms with Crippen LogP contribution in [0, 0.1) is 6.61 Å². The smallest absolute Gasteiger partial charge is 0.425 e. The molecule has 0 saturated heterocycles. The Bertz CT molecular complexity index is 255. The molecule has 0 atom stereocenters. The Balaban J connectivity index is 0. The van der Waals surface area contributed by atoms with Crippen molar-refractivity contribution < 1.29 is 46.7 Å². The Morgan fingerprint density at radius 3 is 1.83 bits per heavy atom. The number of rotatable bonds is 12. The standard InChI is InChI=1S/C12H25O4S.Na/c1-2-3-4-5-6-7-8-9-10-11-12-16-17(13,14)15;/h12H,2-11H2,1H3,(H,13,14,15);/q-1;+1. The van der Waals surface area contributed by atoms with Gasteiger partial charge < -0.3 is 4.18 Å². The van der Waals surface area contributed by atoms with Gasteiger partial charge in [-0.05, 0) is 0 Å². The molecule has 0 bridgehead atoms. The number of unbranched alkanes of at least 4 members (excludes halogenated alkanes) is 9. The van der Waals surface area contributed by atoms with Crippen LogP contribution < -0.4 is 29.6 Å². The second-order valence-corrected chi connectivity index (χ2v) is 5.36. The molecule has 0 aromatic carbocycles. The summed E-state index contributed by atoms with van der Waals surface area (Å²) < 4.78 is 32.8. The fraction of sp³-hybridized carbons (Fsp3) is 0.917. The molecule has 0 amide bonds. The molecule has 0 aromatic heterocycles. The van der Waals surface area contributed by atoms with Crippen LogP contribution in [0.1, 0.15) is 71.1 Å². The van der Waals surface area contributed by atoms with Crippen molar-refractivity contribution in [1.82, 2.24) is 0 Å². The fourth-order valence-corrected chi connectivity index (χ4v) is 1.94. The molecule has 4 nitrogen and oxygen atoms in total. The number of hydrogen-bond acceptors (Lipinski definition) is 3. The first-order valence-corrected chi connectivity index (χ1v) is 7.90. The molecule has 6 heteroatoms. The van der Waals surface area contributed by atoms with Gasteiger partial charge in [-0.2, -0.15) is 21.4 Å². The topological polar surface area (TPSA) is 63.6 Å². The summed E-state index contributed by atoms with van der Waals surface area (Å²) in [4.78, 5) is 0. The Morgan fingerprint density at radius 2 is 1.39 bits per heavy atom. The minimum Gasteiger partial charge on any atom is -0.425 e. The van der Waals surface area contributed by atoms with Crippen LogP contribution in [0.15, 0.2) is 0 Å². The molecule has 18 heavy (non-hydrogen) atoms. The second-order valence-electron chi connectivity index (χ2n) is 4.31. The van der Waals surface area contributed by atoms with Crippen LogP contribution in [0.4, 0.5) is 0 Å². The quantitative estimate of drug-likeness (QED) is 0.251. The first-order chi connectivity index (χ1) is 8.06. The molecule has 0 heterocycles. The molecule has 0 unspecified atom stereocenters. The minimum absolute atomic E-state index is 0.